The molecule has 0 radical (unpaired) electrons. The Morgan fingerprint density at radius 3 is 1.76 bits per heavy atom. The molecule has 0 aliphatic rings. The number of carbonyl (C=O) groups excluding carboxylic acids is 2. The van der Waals surface area contributed by atoms with E-state index in [1.54, 1.807) is 6.92 Å². The summed E-state index contributed by atoms with van der Waals surface area (Å²) in [6.45, 7) is 1.93. The first kappa shape index (κ1) is 15.1. The maximum absolute atomic E-state index is 11.5. The summed E-state index contributed by atoms with van der Waals surface area (Å²) in [5.41, 5.74) is 0. The molecule has 0 aromatic rings. The summed E-state index contributed by atoms with van der Waals surface area (Å²) in [6, 6.07) is 0. The minimum Gasteiger partial charge on any atom is -0.464 e. The van der Waals surface area contributed by atoms with Crippen LogP contribution in [-0.2, 0) is 19.1 Å². The molecule has 0 atom stereocenters. The van der Waals surface area contributed by atoms with E-state index in [1.807, 2.05) is 0 Å². The van der Waals surface area contributed by atoms with Crippen LogP contribution in [0.25, 0.3) is 0 Å². The van der Waals surface area contributed by atoms with Crippen LogP contribution < -0.4 is 0 Å². The monoisotopic (exact) mass is 236 g/mol. The van der Waals surface area contributed by atoms with E-state index in [4.69, 9.17) is 22.3 Å². The van der Waals surface area contributed by atoms with E-state index in [2.05, 4.69) is 11.8 Å². The smallest absolute Gasteiger partial charge is 0.320 e. The number of esters is 2. The maximum Gasteiger partial charge on any atom is 0.320 e. The van der Waals surface area contributed by atoms with Gasteiger partial charge in [0.1, 0.15) is 13.2 Å². The van der Waals surface area contributed by atoms with Crippen molar-refractivity contribution in [3.05, 3.63) is 0 Å². The normalized spacial score (nSPS) is 9.18. The summed E-state index contributed by atoms with van der Waals surface area (Å²) in [4.78, 5) is 23.0. The molecule has 0 aliphatic carbocycles. The predicted molar refractivity (Wildman–Crippen MR) is 62.6 cm³/mol. The zero-order valence-electron chi connectivity index (χ0n) is 9.90. The van der Waals surface area contributed by atoms with Gasteiger partial charge in [-0.05, 0) is 6.42 Å². The topological polar surface area (TPSA) is 52.6 Å². The molecule has 0 unspecified atom stereocenters. The highest BCUT2D eigenvalue weighted by Crippen LogP contribution is 2.08. The lowest BCUT2D eigenvalue weighted by molar-refractivity contribution is -0.162. The third-order valence-corrected chi connectivity index (χ3v) is 1.96. The van der Waals surface area contributed by atoms with Crippen molar-refractivity contribution in [3.63, 3.8) is 0 Å². The molecule has 0 aromatic carbocycles. The van der Waals surface area contributed by atoms with Crippen molar-refractivity contribution in [3.8, 4) is 24.7 Å². The molecule has 92 valence electrons. The van der Waals surface area contributed by atoms with Crippen molar-refractivity contribution in [2.45, 2.75) is 26.2 Å². The van der Waals surface area contributed by atoms with Gasteiger partial charge >= 0.3 is 11.9 Å². The lowest BCUT2D eigenvalue weighted by atomic mass is 10.1. The second-order valence-electron chi connectivity index (χ2n) is 3.20. The number of terminal acetylenes is 2. The fourth-order valence-corrected chi connectivity index (χ4v) is 1.05. The maximum atomic E-state index is 11.5. The van der Waals surface area contributed by atoms with Crippen molar-refractivity contribution in [1.29, 1.82) is 0 Å². The van der Waals surface area contributed by atoms with E-state index >= 15 is 0 Å². The number of rotatable bonds is 7. The van der Waals surface area contributed by atoms with Gasteiger partial charge in [-0.2, -0.15) is 0 Å². The minimum atomic E-state index is -0.898. The van der Waals surface area contributed by atoms with Crippen LogP contribution in [0.2, 0.25) is 0 Å². The number of hydrogen-bond acceptors (Lipinski definition) is 4. The molecule has 0 saturated heterocycles. The van der Waals surface area contributed by atoms with Gasteiger partial charge in [-0.15, -0.1) is 24.7 Å². The summed E-state index contributed by atoms with van der Waals surface area (Å²) >= 11 is 0. The Morgan fingerprint density at radius 2 is 1.47 bits per heavy atom. The van der Waals surface area contributed by atoms with Crippen LogP contribution in [0.3, 0.4) is 0 Å². The molecule has 0 fully saturated rings. The molecule has 0 aliphatic heterocycles. The van der Waals surface area contributed by atoms with Gasteiger partial charge in [-0.3, -0.25) is 9.59 Å². The molecule has 17 heavy (non-hydrogen) atoms. The first-order valence-corrected chi connectivity index (χ1v) is 5.37. The Morgan fingerprint density at radius 1 is 1.06 bits per heavy atom. The van der Waals surface area contributed by atoms with Crippen LogP contribution >= 0.6 is 0 Å². The van der Waals surface area contributed by atoms with Gasteiger partial charge < -0.3 is 9.47 Å². The van der Waals surface area contributed by atoms with E-state index < -0.39 is 17.9 Å². The van der Waals surface area contributed by atoms with Gasteiger partial charge in [0, 0.05) is 12.8 Å². The lowest BCUT2D eigenvalue weighted by Gasteiger charge is -2.12. The largest absolute Gasteiger partial charge is 0.464 e. The summed E-state index contributed by atoms with van der Waals surface area (Å²) in [7, 11) is 0. The van der Waals surface area contributed by atoms with Gasteiger partial charge in [0.05, 0.1) is 0 Å². The van der Waals surface area contributed by atoms with Crippen LogP contribution in [-0.4, -0.2) is 25.2 Å². The summed E-state index contributed by atoms with van der Waals surface area (Å²) in [6.07, 6.45) is 11.0. The standard InChI is InChI=1S/C13H16O4/c1-4-7-9-16-12(14)11(6-3)13(15)17-10-8-5-2/h1-2,11H,6-10H2,3H3. The minimum absolute atomic E-state index is 0.115. The quantitative estimate of drug-likeness (QED) is 0.288. The molecule has 0 N–H and O–H groups in total. The summed E-state index contributed by atoms with van der Waals surface area (Å²) < 4.78 is 9.68. The van der Waals surface area contributed by atoms with Crippen molar-refractivity contribution in [1.82, 2.24) is 0 Å². The van der Waals surface area contributed by atoms with Crippen LogP contribution in [0.1, 0.15) is 26.2 Å². The van der Waals surface area contributed by atoms with Crippen LogP contribution in [0, 0.1) is 30.6 Å². The first-order valence-electron chi connectivity index (χ1n) is 5.37. The highest BCUT2D eigenvalue weighted by atomic mass is 16.6. The summed E-state index contributed by atoms with van der Waals surface area (Å²) in [5, 5.41) is 0. The fraction of sp³-hybridized carbons (Fsp3) is 0.538. The van der Waals surface area contributed by atoms with E-state index in [1.165, 1.54) is 0 Å². The Balaban J connectivity index is 4.12. The molecule has 0 rings (SSSR count). The van der Waals surface area contributed by atoms with Crippen molar-refractivity contribution in [2.24, 2.45) is 5.92 Å². The van der Waals surface area contributed by atoms with Gasteiger partial charge in [0.15, 0.2) is 5.92 Å². The average Bonchev–Trinajstić information content (AvgIpc) is 2.30. The van der Waals surface area contributed by atoms with Gasteiger partial charge in [0.2, 0.25) is 0 Å². The lowest BCUT2D eigenvalue weighted by Crippen LogP contribution is -2.28. The van der Waals surface area contributed by atoms with Gasteiger partial charge in [-0.25, -0.2) is 0 Å². The zero-order valence-corrected chi connectivity index (χ0v) is 9.90. The van der Waals surface area contributed by atoms with Crippen molar-refractivity contribution in [2.75, 3.05) is 13.2 Å². The second-order valence-corrected chi connectivity index (χ2v) is 3.20. The highest BCUT2D eigenvalue weighted by molar-refractivity contribution is 5.94. The number of hydrogen-bond donors (Lipinski definition) is 0. The molecule has 0 saturated carbocycles. The van der Waals surface area contributed by atoms with Gasteiger partial charge in [0.25, 0.3) is 0 Å². The molecule has 4 nitrogen and oxygen atoms in total. The second kappa shape index (κ2) is 9.30. The van der Waals surface area contributed by atoms with Crippen molar-refractivity contribution < 1.29 is 19.1 Å². The third kappa shape index (κ3) is 6.27. The molecule has 4 heteroatoms. The van der Waals surface area contributed by atoms with Crippen LogP contribution in [0.15, 0.2) is 0 Å². The SMILES string of the molecule is C#CCCOC(=O)C(CC)C(=O)OCCC#C. The third-order valence-electron chi connectivity index (χ3n) is 1.96. The molecular formula is C13H16O4. The Kier molecular flexibility index (Phi) is 8.24. The highest BCUT2D eigenvalue weighted by Gasteiger charge is 2.27. The number of ether oxygens (including phenoxy) is 2. The molecule has 0 amide bonds. The molecule has 0 bridgehead atoms. The first-order chi connectivity index (χ1) is 8.17. The fourth-order valence-electron chi connectivity index (χ4n) is 1.05. The molecule has 0 heterocycles. The van der Waals surface area contributed by atoms with Crippen LogP contribution in [0.5, 0.6) is 0 Å². The predicted octanol–water partition coefficient (Wildman–Crippen LogP) is 1.15. The number of carbonyl (C=O) groups is 2. The Hall–Kier alpha value is -1.94. The molecule has 0 aromatic heterocycles. The van der Waals surface area contributed by atoms with E-state index in [0.717, 1.165) is 0 Å². The van der Waals surface area contributed by atoms with Gasteiger partial charge in [-0.1, -0.05) is 6.92 Å². The summed E-state index contributed by atoms with van der Waals surface area (Å²) in [5.74, 6) is 2.57. The van der Waals surface area contributed by atoms with Crippen LogP contribution in [0.4, 0.5) is 0 Å². The average molecular weight is 236 g/mol. The molecule has 0 spiro atoms. The van der Waals surface area contributed by atoms with E-state index in [0.29, 0.717) is 19.3 Å². The Bertz CT molecular complexity index is 300. The zero-order chi connectivity index (χ0) is 13.1. The Labute approximate surface area is 102 Å². The van der Waals surface area contributed by atoms with E-state index in [9.17, 15) is 9.59 Å². The molecular weight excluding hydrogens is 220 g/mol. The van der Waals surface area contributed by atoms with E-state index in [-0.39, 0.29) is 13.2 Å². The van der Waals surface area contributed by atoms with Crippen molar-refractivity contribution >= 4 is 11.9 Å².